The summed E-state index contributed by atoms with van der Waals surface area (Å²) in [6.45, 7) is 1.84. The maximum atomic E-state index is 13.4. The fraction of sp³-hybridized carbons (Fsp3) is 0.0909. The number of benzene rings is 1. The highest BCUT2D eigenvalue weighted by Crippen LogP contribution is 2.24. The molecule has 4 nitrogen and oxygen atoms in total. The van der Waals surface area contributed by atoms with Gasteiger partial charge in [0.2, 0.25) is 0 Å². The second-order valence-electron chi connectivity index (χ2n) is 3.43. The first-order chi connectivity index (χ1) is 8.04. The van der Waals surface area contributed by atoms with Crippen molar-refractivity contribution in [3.63, 3.8) is 0 Å². The molecule has 6 heteroatoms. The van der Waals surface area contributed by atoms with Gasteiger partial charge in [-0.15, -0.1) is 0 Å². The van der Waals surface area contributed by atoms with Crippen molar-refractivity contribution in [2.45, 2.75) is 6.92 Å². The number of nitrogen functional groups attached to an aromatic ring is 1. The van der Waals surface area contributed by atoms with E-state index in [1.165, 1.54) is 12.1 Å². The van der Waals surface area contributed by atoms with Crippen LogP contribution in [0.2, 0.25) is 0 Å². The molecule has 1 aromatic heterocycles. The second kappa shape index (κ2) is 4.67. The summed E-state index contributed by atoms with van der Waals surface area (Å²) >= 11 is 3.15. The van der Waals surface area contributed by atoms with E-state index in [0.717, 1.165) is 5.56 Å². The van der Waals surface area contributed by atoms with E-state index in [1.54, 1.807) is 12.1 Å². The van der Waals surface area contributed by atoms with Crippen LogP contribution in [0.4, 0.5) is 10.2 Å². The molecule has 1 heterocycles. The van der Waals surface area contributed by atoms with E-state index in [1.807, 2.05) is 6.92 Å². The number of halogens is 2. The maximum absolute atomic E-state index is 13.4. The SMILES string of the molecule is Cc1ccc(F)c(Oc2nc(N)cc(Br)n2)c1. The van der Waals surface area contributed by atoms with Gasteiger partial charge >= 0.3 is 6.01 Å². The van der Waals surface area contributed by atoms with Gasteiger partial charge in [0.1, 0.15) is 10.4 Å². The Hall–Kier alpha value is -1.69. The largest absolute Gasteiger partial charge is 0.421 e. The van der Waals surface area contributed by atoms with Crippen LogP contribution in [0.3, 0.4) is 0 Å². The van der Waals surface area contributed by atoms with Crippen molar-refractivity contribution in [3.8, 4) is 11.8 Å². The van der Waals surface area contributed by atoms with Crippen molar-refractivity contribution < 1.29 is 9.13 Å². The Morgan fingerprint density at radius 2 is 2.06 bits per heavy atom. The predicted octanol–water partition coefficient (Wildman–Crippen LogP) is 3.06. The Balaban J connectivity index is 2.34. The van der Waals surface area contributed by atoms with Crippen LogP contribution in [0.1, 0.15) is 5.56 Å². The van der Waals surface area contributed by atoms with E-state index in [-0.39, 0.29) is 17.6 Å². The first-order valence-corrected chi connectivity index (χ1v) is 5.58. The Morgan fingerprint density at radius 1 is 1.29 bits per heavy atom. The Kier molecular flexibility index (Phi) is 3.23. The summed E-state index contributed by atoms with van der Waals surface area (Å²) in [5.41, 5.74) is 6.41. The second-order valence-corrected chi connectivity index (χ2v) is 4.25. The first-order valence-electron chi connectivity index (χ1n) is 4.78. The summed E-state index contributed by atoms with van der Waals surface area (Å²) < 4.78 is 19.2. The zero-order valence-electron chi connectivity index (χ0n) is 8.95. The van der Waals surface area contributed by atoms with Gasteiger partial charge in [0.25, 0.3) is 0 Å². The van der Waals surface area contributed by atoms with E-state index in [9.17, 15) is 4.39 Å². The van der Waals surface area contributed by atoms with Gasteiger partial charge in [-0.2, -0.15) is 9.97 Å². The predicted molar refractivity (Wildman–Crippen MR) is 65.4 cm³/mol. The summed E-state index contributed by atoms with van der Waals surface area (Å²) in [4.78, 5) is 7.78. The van der Waals surface area contributed by atoms with Crippen molar-refractivity contribution in [2.75, 3.05) is 5.73 Å². The highest BCUT2D eigenvalue weighted by atomic mass is 79.9. The van der Waals surface area contributed by atoms with Crippen molar-refractivity contribution in [1.82, 2.24) is 9.97 Å². The Labute approximate surface area is 106 Å². The molecule has 2 aromatic rings. The molecule has 0 aliphatic rings. The monoisotopic (exact) mass is 297 g/mol. The number of aryl methyl sites for hydroxylation is 1. The van der Waals surface area contributed by atoms with E-state index in [2.05, 4.69) is 25.9 Å². The number of nitrogens with two attached hydrogens (primary N) is 1. The van der Waals surface area contributed by atoms with E-state index in [4.69, 9.17) is 10.5 Å². The molecule has 1 aromatic carbocycles. The van der Waals surface area contributed by atoms with Crippen molar-refractivity contribution >= 4 is 21.7 Å². The molecule has 2 N–H and O–H groups in total. The number of hydrogen-bond acceptors (Lipinski definition) is 4. The third kappa shape index (κ3) is 2.91. The van der Waals surface area contributed by atoms with Crippen LogP contribution >= 0.6 is 15.9 Å². The van der Waals surface area contributed by atoms with Gasteiger partial charge in [0.05, 0.1) is 0 Å². The van der Waals surface area contributed by atoms with E-state index < -0.39 is 5.82 Å². The number of rotatable bonds is 2. The van der Waals surface area contributed by atoms with Gasteiger partial charge in [-0.25, -0.2) is 4.39 Å². The molecule has 88 valence electrons. The topological polar surface area (TPSA) is 61.0 Å². The van der Waals surface area contributed by atoms with Crippen molar-refractivity contribution in [1.29, 1.82) is 0 Å². The molecule has 0 radical (unpaired) electrons. The third-order valence-corrected chi connectivity index (χ3v) is 2.39. The average Bonchev–Trinajstić information content (AvgIpc) is 2.22. The molecule has 0 aliphatic heterocycles. The van der Waals surface area contributed by atoms with Gasteiger partial charge in [-0.1, -0.05) is 6.07 Å². The van der Waals surface area contributed by atoms with Crippen LogP contribution in [0.15, 0.2) is 28.9 Å². The molecule has 0 saturated carbocycles. The zero-order valence-corrected chi connectivity index (χ0v) is 10.5. The Morgan fingerprint density at radius 3 is 2.76 bits per heavy atom. The summed E-state index contributed by atoms with van der Waals surface area (Å²) in [7, 11) is 0. The van der Waals surface area contributed by atoms with Crippen molar-refractivity contribution in [3.05, 3.63) is 40.2 Å². The Bertz CT molecular complexity index is 542. The molecule has 0 bridgehead atoms. The normalized spacial score (nSPS) is 10.3. The molecule has 0 saturated heterocycles. The minimum absolute atomic E-state index is 0.00127. The summed E-state index contributed by atoms with van der Waals surface area (Å²) in [6.07, 6.45) is 0. The minimum atomic E-state index is -0.474. The van der Waals surface area contributed by atoms with Crippen LogP contribution in [-0.4, -0.2) is 9.97 Å². The lowest BCUT2D eigenvalue weighted by Crippen LogP contribution is -1.98. The number of aromatic nitrogens is 2. The molecule has 0 unspecified atom stereocenters. The van der Waals surface area contributed by atoms with Gasteiger partial charge in [-0.3, -0.25) is 0 Å². The van der Waals surface area contributed by atoms with E-state index in [0.29, 0.717) is 4.60 Å². The molecule has 17 heavy (non-hydrogen) atoms. The zero-order chi connectivity index (χ0) is 12.4. The molecule has 0 amide bonds. The van der Waals surface area contributed by atoms with Crippen molar-refractivity contribution in [2.24, 2.45) is 0 Å². The number of hydrogen-bond donors (Lipinski definition) is 1. The van der Waals surface area contributed by atoms with Crippen LogP contribution < -0.4 is 10.5 Å². The van der Waals surface area contributed by atoms with Gasteiger partial charge in [-0.05, 0) is 40.5 Å². The highest BCUT2D eigenvalue weighted by molar-refractivity contribution is 9.10. The first kappa shape index (κ1) is 11.8. The van der Waals surface area contributed by atoms with Crippen LogP contribution in [0, 0.1) is 12.7 Å². The van der Waals surface area contributed by atoms with Gasteiger partial charge < -0.3 is 10.5 Å². The molecular formula is C11H9BrFN3O. The standard InChI is InChI=1S/C11H9BrFN3O/c1-6-2-3-7(13)8(4-6)17-11-15-9(12)5-10(14)16-11/h2-5H,1H3,(H2,14,15,16). The number of anilines is 1. The summed E-state index contributed by atoms with van der Waals surface area (Å²) in [6, 6.07) is 6.07. The van der Waals surface area contributed by atoms with Crippen LogP contribution in [-0.2, 0) is 0 Å². The highest BCUT2D eigenvalue weighted by Gasteiger charge is 2.08. The third-order valence-electron chi connectivity index (χ3n) is 1.98. The van der Waals surface area contributed by atoms with Gasteiger partial charge in [0, 0.05) is 6.07 Å². The molecule has 0 fully saturated rings. The summed E-state index contributed by atoms with van der Waals surface area (Å²) in [5.74, 6) is -0.157. The molecule has 0 atom stereocenters. The average molecular weight is 298 g/mol. The van der Waals surface area contributed by atoms with E-state index >= 15 is 0 Å². The lowest BCUT2D eigenvalue weighted by molar-refractivity contribution is 0.410. The smallest absolute Gasteiger partial charge is 0.325 e. The van der Waals surface area contributed by atoms with Gasteiger partial charge in [0.15, 0.2) is 11.6 Å². The molecule has 0 spiro atoms. The fourth-order valence-corrected chi connectivity index (χ4v) is 1.63. The number of nitrogens with zero attached hydrogens (tertiary/aromatic N) is 2. The maximum Gasteiger partial charge on any atom is 0.325 e. The quantitative estimate of drug-likeness (QED) is 0.866. The minimum Gasteiger partial charge on any atom is -0.421 e. The lowest BCUT2D eigenvalue weighted by atomic mass is 10.2. The molecule has 2 rings (SSSR count). The number of ether oxygens (including phenoxy) is 1. The summed E-state index contributed by atoms with van der Waals surface area (Å²) in [5, 5.41) is 0. The lowest BCUT2D eigenvalue weighted by Gasteiger charge is -2.06. The fourth-order valence-electron chi connectivity index (χ4n) is 1.25. The van der Waals surface area contributed by atoms with Crippen LogP contribution in [0.25, 0.3) is 0 Å². The molecular weight excluding hydrogens is 289 g/mol. The van der Waals surface area contributed by atoms with Crippen LogP contribution in [0.5, 0.6) is 11.8 Å². The molecule has 0 aliphatic carbocycles.